The van der Waals surface area contributed by atoms with Gasteiger partial charge in [-0.1, -0.05) is 11.6 Å². The molecule has 7 nitrogen and oxygen atoms in total. The molecule has 0 radical (unpaired) electrons. The first kappa shape index (κ1) is 23.3. The Hall–Kier alpha value is -2.34. The fourth-order valence-corrected chi connectivity index (χ4v) is 4.21. The van der Waals surface area contributed by atoms with E-state index in [-0.39, 0.29) is 29.2 Å². The molecule has 0 atom stereocenters. The number of hydrogen-bond acceptors (Lipinski definition) is 6. The van der Waals surface area contributed by atoms with Gasteiger partial charge >= 0.3 is 6.18 Å². The average Bonchev–Trinajstić information content (AvgIpc) is 2.74. The lowest BCUT2D eigenvalue weighted by molar-refractivity contribution is -0.153. The summed E-state index contributed by atoms with van der Waals surface area (Å²) in [6.07, 6.45) is -4.09. The van der Waals surface area contributed by atoms with E-state index >= 15 is 0 Å². The number of hydrogen-bond donors (Lipinski definition) is 1. The summed E-state index contributed by atoms with van der Waals surface area (Å²) in [7, 11) is -4.53. The molecule has 1 aliphatic rings. The summed E-state index contributed by atoms with van der Waals surface area (Å²) in [5.74, 6) is -1.76. The van der Waals surface area contributed by atoms with Crippen molar-refractivity contribution in [1.29, 1.82) is 0 Å². The van der Waals surface area contributed by atoms with Crippen molar-refractivity contribution < 1.29 is 41.1 Å². The number of alkyl halides is 3. The normalized spacial score (nSPS) is 15.5. The van der Waals surface area contributed by atoms with Gasteiger partial charge in [0.1, 0.15) is 11.5 Å². The lowest BCUT2D eigenvalue weighted by Gasteiger charge is -2.24. The third-order valence-electron chi connectivity index (χ3n) is 4.59. The second-order valence-corrected chi connectivity index (χ2v) is 8.86. The summed E-state index contributed by atoms with van der Waals surface area (Å²) in [5, 5.41) is 9.51. The maximum absolute atomic E-state index is 13.0. The number of carbonyl (C=O) groups is 1. The standard InChI is InChI=1S/C19H17ClF3NO6S/c20-17-6-3-14(11-16(17)19(21,22)23)30-13-1-4-15(5-2-13)31(27,28)24(26)18(25)12-7-9-29-10-8-12/h1-6,11-12,26H,7-10H2. The molecule has 0 bridgehead atoms. The third kappa shape index (κ3) is 5.29. The first-order chi connectivity index (χ1) is 14.5. The Labute approximate surface area is 180 Å². The van der Waals surface area contributed by atoms with Crippen molar-refractivity contribution >= 4 is 27.5 Å². The summed E-state index contributed by atoms with van der Waals surface area (Å²) in [6, 6.07) is 7.46. The zero-order chi connectivity index (χ0) is 22.8. The fourth-order valence-electron chi connectivity index (χ4n) is 2.92. The summed E-state index contributed by atoms with van der Waals surface area (Å²) >= 11 is 5.56. The van der Waals surface area contributed by atoms with Crippen LogP contribution in [-0.4, -0.2) is 37.2 Å². The van der Waals surface area contributed by atoms with E-state index in [1.165, 1.54) is 18.2 Å². The van der Waals surface area contributed by atoms with Gasteiger partial charge in [0.25, 0.3) is 15.9 Å². The molecule has 168 valence electrons. The molecule has 3 rings (SSSR count). The van der Waals surface area contributed by atoms with Crippen molar-refractivity contribution in [3.63, 3.8) is 0 Å². The molecular weight excluding hydrogens is 463 g/mol. The van der Waals surface area contributed by atoms with E-state index in [0.29, 0.717) is 12.8 Å². The summed E-state index contributed by atoms with van der Waals surface area (Å²) in [5.41, 5.74) is -1.08. The van der Waals surface area contributed by atoms with Crippen molar-refractivity contribution in [2.24, 2.45) is 5.92 Å². The number of sulfonamides is 1. The van der Waals surface area contributed by atoms with E-state index in [2.05, 4.69) is 0 Å². The predicted molar refractivity (Wildman–Crippen MR) is 102 cm³/mol. The average molecular weight is 480 g/mol. The first-order valence-corrected chi connectivity index (χ1v) is 10.8. The highest BCUT2D eigenvalue weighted by Crippen LogP contribution is 2.37. The van der Waals surface area contributed by atoms with Gasteiger partial charge in [-0.2, -0.15) is 21.6 Å². The molecule has 0 spiro atoms. The Morgan fingerprint density at radius 1 is 1.10 bits per heavy atom. The Balaban J connectivity index is 1.76. The molecule has 0 aliphatic carbocycles. The molecule has 0 saturated carbocycles. The molecule has 2 aromatic carbocycles. The first-order valence-electron chi connectivity index (χ1n) is 9.00. The van der Waals surface area contributed by atoms with E-state index in [0.717, 1.165) is 24.3 Å². The highest BCUT2D eigenvalue weighted by Gasteiger charge is 2.35. The molecule has 1 aliphatic heterocycles. The van der Waals surface area contributed by atoms with Gasteiger partial charge in [0.05, 0.1) is 15.5 Å². The number of amides is 1. The van der Waals surface area contributed by atoms with Gasteiger partial charge in [0, 0.05) is 19.1 Å². The fraction of sp³-hybridized carbons (Fsp3) is 0.316. The molecule has 12 heteroatoms. The molecule has 1 fully saturated rings. The van der Waals surface area contributed by atoms with Crippen LogP contribution in [0.5, 0.6) is 11.5 Å². The molecule has 2 aromatic rings. The highest BCUT2D eigenvalue weighted by atomic mass is 35.5. The van der Waals surface area contributed by atoms with Crippen LogP contribution in [-0.2, 0) is 25.7 Å². The second kappa shape index (κ2) is 9.03. The summed E-state index contributed by atoms with van der Waals surface area (Å²) in [6.45, 7) is 0.578. The maximum atomic E-state index is 13.0. The van der Waals surface area contributed by atoms with Gasteiger partial charge in [-0.05, 0) is 55.3 Å². The molecule has 1 N–H and O–H groups in total. The van der Waals surface area contributed by atoms with Gasteiger partial charge < -0.3 is 9.47 Å². The number of rotatable bonds is 5. The van der Waals surface area contributed by atoms with Gasteiger partial charge in [0.2, 0.25) is 0 Å². The topological polar surface area (TPSA) is 93.1 Å². The van der Waals surface area contributed by atoms with Crippen LogP contribution in [0, 0.1) is 5.92 Å². The van der Waals surface area contributed by atoms with E-state index in [1.807, 2.05) is 0 Å². The van der Waals surface area contributed by atoms with Crippen LogP contribution in [0.4, 0.5) is 13.2 Å². The molecule has 0 aromatic heterocycles. The maximum Gasteiger partial charge on any atom is 0.417 e. The zero-order valence-corrected chi connectivity index (χ0v) is 17.4. The van der Waals surface area contributed by atoms with Gasteiger partial charge in [0.15, 0.2) is 0 Å². The summed E-state index contributed by atoms with van der Waals surface area (Å²) in [4.78, 5) is 11.9. The van der Waals surface area contributed by atoms with Crippen LogP contribution >= 0.6 is 11.6 Å². The monoisotopic (exact) mass is 479 g/mol. The largest absolute Gasteiger partial charge is 0.457 e. The van der Waals surface area contributed by atoms with Crippen LogP contribution in [0.2, 0.25) is 5.02 Å². The minimum atomic E-state index is -4.67. The van der Waals surface area contributed by atoms with E-state index in [9.17, 15) is 31.6 Å². The Morgan fingerprint density at radius 2 is 1.68 bits per heavy atom. The second-order valence-electron chi connectivity index (χ2n) is 6.69. The van der Waals surface area contributed by atoms with Crippen molar-refractivity contribution in [2.75, 3.05) is 13.2 Å². The Bertz CT molecular complexity index is 1050. The number of ether oxygens (including phenoxy) is 2. The van der Waals surface area contributed by atoms with Crippen molar-refractivity contribution in [1.82, 2.24) is 4.47 Å². The molecule has 1 heterocycles. The van der Waals surface area contributed by atoms with Gasteiger partial charge in [-0.3, -0.25) is 10.0 Å². The smallest absolute Gasteiger partial charge is 0.417 e. The third-order valence-corrected chi connectivity index (χ3v) is 6.42. The zero-order valence-electron chi connectivity index (χ0n) is 15.8. The minimum Gasteiger partial charge on any atom is -0.457 e. The molecule has 0 unspecified atom stereocenters. The van der Waals surface area contributed by atoms with E-state index < -0.39 is 43.5 Å². The SMILES string of the molecule is O=C(C1CCOCC1)N(O)S(=O)(=O)c1ccc(Oc2ccc(Cl)c(C(F)(F)F)c2)cc1. The number of benzene rings is 2. The molecule has 1 amide bonds. The van der Waals surface area contributed by atoms with Crippen molar-refractivity contribution in [3.05, 3.63) is 53.1 Å². The minimum absolute atomic E-state index is 0.0367. The van der Waals surface area contributed by atoms with E-state index in [4.69, 9.17) is 21.1 Å². The molecule has 31 heavy (non-hydrogen) atoms. The predicted octanol–water partition coefficient (Wildman–Crippen LogP) is 4.48. The highest BCUT2D eigenvalue weighted by molar-refractivity contribution is 7.89. The Kier molecular flexibility index (Phi) is 6.79. The number of nitrogens with zero attached hydrogens (tertiary/aromatic N) is 1. The number of hydroxylamine groups is 1. The van der Waals surface area contributed by atoms with Crippen LogP contribution in [0.15, 0.2) is 47.4 Å². The van der Waals surface area contributed by atoms with Crippen LogP contribution in [0.3, 0.4) is 0 Å². The molecular formula is C19H17ClF3NO6S. The molecule has 1 saturated heterocycles. The lowest BCUT2D eigenvalue weighted by Crippen LogP contribution is -2.40. The number of carbonyl (C=O) groups excluding carboxylic acids is 1. The van der Waals surface area contributed by atoms with Gasteiger partial charge in [-0.25, -0.2) is 0 Å². The lowest BCUT2D eigenvalue weighted by atomic mass is 10.00. The van der Waals surface area contributed by atoms with E-state index in [1.54, 1.807) is 0 Å². The van der Waals surface area contributed by atoms with Crippen LogP contribution in [0.25, 0.3) is 0 Å². The summed E-state index contributed by atoms with van der Waals surface area (Å²) < 4.78 is 74.1. The van der Waals surface area contributed by atoms with Crippen LogP contribution in [0.1, 0.15) is 18.4 Å². The van der Waals surface area contributed by atoms with Crippen molar-refractivity contribution in [2.45, 2.75) is 23.9 Å². The van der Waals surface area contributed by atoms with Crippen LogP contribution < -0.4 is 4.74 Å². The van der Waals surface area contributed by atoms with Gasteiger partial charge in [-0.15, -0.1) is 4.47 Å². The Morgan fingerprint density at radius 3 is 2.26 bits per heavy atom. The quantitative estimate of drug-likeness (QED) is 0.502. The number of halogens is 4. The van der Waals surface area contributed by atoms with Crippen molar-refractivity contribution in [3.8, 4) is 11.5 Å².